The second-order valence-corrected chi connectivity index (χ2v) is 9.70. The van der Waals surface area contributed by atoms with E-state index in [1.165, 1.54) is 12.2 Å². The molecule has 5 heterocycles. The third kappa shape index (κ3) is 4.49. The van der Waals surface area contributed by atoms with Gasteiger partial charge in [-0.1, -0.05) is 0 Å². The van der Waals surface area contributed by atoms with Gasteiger partial charge in [-0.15, -0.1) is 0 Å². The number of ether oxygens (including phenoxy) is 4. The lowest BCUT2D eigenvalue weighted by Crippen LogP contribution is -2.58. The summed E-state index contributed by atoms with van der Waals surface area (Å²) in [6.07, 6.45) is 9.10. The third-order valence-electron chi connectivity index (χ3n) is 7.43. The molecular formula is C26H31FN4O5. The molecule has 0 bridgehead atoms. The number of nitrogens with one attached hydrogen (secondary N) is 2. The van der Waals surface area contributed by atoms with Gasteiger partial charge in [-0.2, -0.15) is 4.39 Å². The monoisotopic (exact) mass is 498 g/mol. The standard InChI is InChI=1S/C26H31FN4O5/c27-24-2-1-20-25(32)17(13-23-26(20,30-24)36-12-11-35-23)3-6-31-7-4-18(5-8-31)28-15-19-14-21-22(16-29-19)34-10-9-33-21/h1-2,13-14,16-18,28,30H,3-12,15H2. The van der Waals surface area contributed by atoms with E-state index in [1.807, 2.05) is 12.1 Å². The largest absolute Gasteiger partial charge is 0.490 e. The highest BCUT2D eigenvalue weighted by Crippen LogP contribution is 2.41. The molecule has 1 aliphatic carbocycles. The molecule has 2 unspecified atom stereocenters. The van der Waals surface area contributed by atoms with E-state index >= 15 is 0 Å². The van der Waals surface area contributed by atoms with Crippen LogP contribution in [0.2, 0.25) is 0 Å². The van der Waals surface area contributed by atoms with E-state index in [9.17, 15) is 9.18 Å². The molecule has 36 heavy (non-hydrogen) atoms. The number of dihydropyridines is 1. The Morgan fingerprint density at radius 1 is 1.11 bits per heavy atom. The molecule has 2 atom stereocenters. The molecule has 4 aliphatic heterocycles. The van der Waals surface area contributed by atoms with Crippen molar-refractivity contribution in [2.45, 2.75) is 37.6 Å². The number of hydrogen-bond acceptors (Lipinski definition) is 9. The lowest BCUT2D eigenvalue weighted by atomic mass is 9.79. The number of ketones is 1. The average molecular weight is 499 g/mol. The lowest BCUT2D eigenvalue weighted by molar-refractivity contribution is -0.136. The Balaban J connectivity index is 1.01. The van der Waals surface area contributed by atoms with Gasteiger partial charge in [0.05, 0.1) is 24.1 Å². The second-order valence-electron chi connectivity index (χ2n) is 9.70. The van der Waals surface area contributed by atoms with E-state index in [-0.39, 0.29) is 11.7 Å². The minimum atomic E-state index is -1.32. The molecule has 0 radical (unpaired) electrons. The molecular weight excluding hydrogens is 467 g/mol. The van der Waals surface area contributed by atoms with Crippen molar-refractivity contribution < 1.29 is 28.1 Å². The van der Waals surface area contributed by atoms with Crippen molar-refractivity contribution in [2.24, 2.45) is 5.92 Å². The van der Waals surface area contributed by atoms with Crippen LogP contribution in [0.5, 0.6) is 11.5 Å². The van der Waals surface area contributed by atoms with E-state index in [1.54, 1.807) is 6.20 Å². The Morgan fingerprint density at radius 2 is 1.92 bits per heavy atom. The number of hydrogen-bond donors (Lipinski definition) is 2. The number of halogens is 1. The summed E-state index contributed by atoms with van der Waals surface area (Å²) in [5.41, 5.74) is 0.0410. The number of pyridine rings is 1. The van der Waals surface area contributed by atoms with Gasteiger partial charge in [0.1, 0.15) is 19.8 Å². The van der Waals surface area contributed by atoms with Crippen LogP contribution in [0.25, 0.3) is 0 Å². The number of fused-ring (bicyclic) bond motifs is 1. The van der Waals surface area contributed by atoms with Crippen LogP contribution in [-0.4, -0.2) is 73.5 Å². The number of carbonyl (C=O) groups is 1. The smallest absolute Gasteiger partial charge is 0.229 e. The van der Waals surface area contributed by atoms with Gasteiger partial charge >= 0.3 is 0 Å². The zero-order valence-corrected chi connectivity index (χ0v) is 20.1. The molecule has 0 saturated carbocycles. The van der Waals surface area contributed by atoms with Crippen molar-refractivity contribution >= 4 is 5.78 Å². The summed E-state index contributed by atoms with van der Waals surface area (Å²) < 4.78 is 36.8. The molecule has 192 valence electrons. The molecule has 1 aromatic rings. The minimum absolute atomic E-state index is 0.0380. The van der Waals surface area contributed by atoms with Crippen LogP contribution >= 0.6 is 0 Å². The van der Waals surface area contributed by atoms with Gasteiger partial charge < -0.3 is 34.5 Å². The Hall–Kier alpha value is -2.95. The first-order chi connectivity index (χ1) is 17.6. The summed E-state index contributed by atoms with van der Waals surface area (Å²) in [5, 5.41) is 6.30. The van der Waals surface area contributed by atoms with Crippen molar-refractivity contribution in [1.29, 1.82) is 0 Å². The molecule has 5 aliphatic rings. The highest BCUT2D eigenvalue weighted by molar-refractivity contribution is 6.02. The van der Waals surface area contributed by atoms with Crippen molar-refractivity contribution in [3.8, 4) is 11.5 Å². The van der Waals surface area contributed by atoms with E-state index in [0.29, 0.717) is 62.5 Å². The minimum Gasteiger partial charge on any atom is -0.490 e. The number of carbonyl (C=O) groups excluding carboxylic acids is 1. The normalized spacial score (nSPS) is 28.1. The second kappa shape index (κ2) is 9.84. The van der Waals surface area contributed by atoms with E-state index in [4.69, 9.17) is 18.9 Å². The molecule has 9 nitrogen and oxygen atoms in total. The van der Waals surface area contributed by atoms with Gasteiger partial charge in [0.25, 0.3) is 0 Å². The number of aromatic nitrogens is 1. The number of likely N-dealkylation sites (tertiary alicyclic amines) is 1. The van der Waals surface area contributed by atoms with Crippen molar-refractivity contribution in [3.63, 3.8) is 0 Å². The molecule has 6 rings (SSSR count). The summed E-state index contributed by atoms with van der Waals surface area (Å²) in [7, 11) is 0. The van der Waals surface area contributed by atoms with Gasteiger partial charge in [0, 0.05) is 24.6 Å². The van der Waals surface area contributed by atoms with E-state index in [2.05, 4.69) is 20.5 Å². The summed E-state index contributed by atoms with van der Waals surface area (Å²) in [6, 6.07) is 2.37. The predicted molar refractivity (Wildman–Crippen MR) is 128 cm³/mol. The first-order valence-electron chi connectivity index (χ1n) is 12.7. The summed E-state index contributed by atoms with van der Waals surface area (Å²) in [4.78, 5) is 20.1. The van der Waals surface area contributed by atoms with E-state index < -0.39 is 11.7 Å². The van der Waals surface area contributed by atoms with Crippen LogP contribution in [0, 0.1) is 5.92 Å². The fourth-order valence-electron chi connectivity index (χ4n) is 5.49. The molecule has 0 amide bonds. The molecule has 0 aromatic carbocycles. The van der Waals surface area contributed by atoms with Crippen LogP contribution < -0.4 is 20.1 Å². The maximum atomic E-state index is 14.0. The average Bonchev–Trinajstić information content (AvgIpc) is 2.91. The first kappa shape index (κ1) is 23.4. The number of nitrogens with zero attached hydrogens (tertiary/aromatic N) is 2. The predicted octanol–water partition coefficient (Wildman–Crippen LogP) is 1.96. The molecule has 1 spiro atoms. The van der Waals surface area contributed by atoms with Crippen LogP contribution in [0.3, 0.4) is 0 Å². The summed E-state index contributed by atoms with van der Waals surface area (Å²) in [6.45, 7) is 5.24. The third-order valence-corrected chi connectivity index (χ3v) is 7.43. The zero-order chi connectivity index (χ0) is 24.5. The maximum absolute atomic E-state index is 14.0. The van der Waals surface area contributed by atoms with Crippen molar-refractivity contribution in [1.82, 2.24) is 20.5 Å². The van der Waals surface area contributed by atoms with Crippen molar-refractivity contribution in [2.75, 3.05) is 46.1 Å². The number of allylic oxidation sites excluding steroid dienone is 3. The van der Waals surface area contributed by atoms with Crippen LogP contribution in [0.4, 0.5) is 4.39 Å². The highest BCUT2D eigenvalue weighted by atomic mass is 19.1. The first-order valence-corrected chi connectivity index (χ1v) is 12.7. The molecule has 2 saturated heterocycles. The summed E-state index contributed by atoms with van der Waals surface area (Å²) >= 11 is 0. The molecule has 2 N–H and O–H groups in total. The Morgan fingerprint density at radius 3 is 2.78 bits per heavy atom. The highest BCUT2D eigenvalue weighted by Gasteiger charge is 2.52. The van der Waals surface area contributed by atoms with Gasteiger partial charge in [-0.25, -0.2) is 0 Å². The van der Waals surface area contributed by atoms with Crippen LogP contribution in [0.1, 0.15) is 25.0 Å². The van der Waals surface area contributed by atoms with Gasteiger partial charge in [0.2, 0.25) is 5.72 Å². The maximum Gasteiger partial charge on any atom is 0.229 e. The van der Waals surface area contributed by atoms with Crippen LogP contribution in [0.15, 0.2) is 47.8 Å². The van der Waals surface area contributed by atoms with Gasteiger partial charge in [0.15, 0.2) is 29.0 Å². The van der Waals surface area contributed by atoms with Crippen molar-refractivity contribution in [3.05, 3.63) is 53.5 Å². The molecule has 2 fully saturated rings. The fourth-order valence-corrected chi connectivity index (χ4v) is 5.49. The molecule has 1 aromatic heterocycles. The number of rotatable bonds is 6. The Labute approximate surface area is 209 Å². The quantitative estimate of drug-likeness (QED) is 0.571. The van der Waals surface area contributed by atoms with Gasteiger partial charge in [-0.05, 0) is 57.1 Å². The Bertz CT molecular complexity index is 1110. The lowest BCUT2D eigenvalue weighted by Gasteiger charge is -2.45. The SMILES string of the molecule is O=C1C2=CC=C(F)NC23OCCOC3=CC1CCN1CCC(NCc2cc3c(cn2)OCCO3)CC1. The topological polar surface area (TPSA) is 94.2 Å². The number of piperidine rings is 1. The van der Waals surface area contributed by atoms with Crippen LogP contribution in [-0.2, 0) is 20.8 Å². The van der Waals surface area contributed by atoms with Gasteiger partial charge in [-0.3, -0.25) is 9.78 Å². The Kier molecular flexibility index (Phi) is 6.41. The molecule has 10 heteroatoms. The van der Waals surface area contributed by atoms with E-state index in [0.717, 1.165) is 43.9 Å². The fraction of sp³-hybridized carbons (Fsp3) is 0.538. The zero-order valence-electron chi connectivity index (χ0n) is 20.1. The summed E-state index contributed by atoms with van der Waals surface area (Å²) in [5.74, 6) is 1.07. The number of Topliss-reactive ketones (excluding diaryl/α,β-unsaturated/α-hetero) is 1.